The Bertz CT molecular complexity index is 532. The summed E-state index contributed by atoms with van der Waals surface area (Å²) in [5.74, 6) is 0.425. The molecule has 0 amide bonds. The fourth-order valence-electron chi connectivity index (χ4n) is 3.42. The van der Waals surface area contributed by atoms with E-state index in [1.165, 1.54) is 5.56 Å². The Balaban J connectivity index is 1.95. The van der Waals surface area contributed by atoms with Gasteiger partial charge in [-0.2, -0.15) is 0 Å². The first kappa shape index (κ1) is 12.4. The van der Waals surface area contributed by atoms with Crippen LogP contribution in [0.2, 0.25) is 0 Å². The maximum atomic E-state index is 4.63. The summed E-state index contributed by atoms with van der Waals surface area (Å²) in [5.41, 5.74) is 2.57. The van der Waals surface area contributed by atoms with Crippen LogP contribution in [-0.4, -0.2) is 30.7 Å². The van der Waals surface area contributed by atoms with Gasteiger partial charge >= 0.3 is 0 Å². The molecule has 1 saturated heterocycles. The van der Waals surface area contributed by atoms with Crippen molar-refractivity contribution < 1.29 is 0 Å². The highest BCUT2D eigenvalue weighted by molar-refractivity contribution is 5.86. The van der Waals surface area contributed by atoms with Crippen molar-refractivity contribution in [2.24, 2.45) is 10.9 Å². The van der Waals surface area contributed by atoms with Crippen molar-refractivity contribution in [3.63, 3.8) is 0 Å². The van der Waals surface area contributed by atoms with Crippen molar-refractivity contribution >= 4 is 11.9 Å². The Morgan fingerprint density at radius 1 is 1.37 bits per heavy atom. The molecule has 0 aliphatic carbocycles. The summed E-state index contributed by atoms with van der Waals surface area (Å²) in [5, 5.41) is 0. The van der Waals surface area contributed by atoms with E-state index < -0.39 is 0 Å². The van der Waals surface area contributed by atoms with Gasteiger partial charge in [-0.1, -0.05) is 30.4 Å². The van der Waals surface area contributed by atoms with Gasteiger partial charge in [-0.25, -0.2) is 0 Å². The molecule has 1 spiro atoms. The molecule has 2 nitrogen and oxygen atoms in total. The molecule has 3 rings (SSSR count). The summed E-state index contributed by atoms with van der Waals surface area (Å²) in [4.78, 5) is 7.08. The molecule has 2 heteroatoms. The number of hydrogen-bond donors (Lipinski definition) is 0. The molecule has 0 radical (unpaired) electrons. The van der Waals surface area contributed by atoms with Crippen molar-refractivity contribution in [2.75, 3.05) is 19.6 Å². The Kier molecular flexibility index (Phi) is 3.11. The lowest BCUT2D eigenvalue weighted by atomic mass is 9.67. The number of hydrogen-bond acceptors (Lipinski definition) is 2. The van der Waals surface area contributed by atoms with Crippen LogP contribution in [0.3, 0.4) is 0 Å². The van der Waals surface area contributed by atoms with E-state index in [9.17, 15) is 0 Å². The van der Waals surface area contributed by atoms with Gasteiger partial charge in [0.15, 0.2) is 0 Å². The van der Waals surface area contributed by atoms with Crippen LogP contribution in [0.1, 0.15) is 12.0 Å². The van der Waals surface area contributed by atoms with Gasteiger partial charge < -0.3 is 0 Å². The molecule has 2 aliphatic rings. The zero-order valence-electron chi connectivity index (χ0n) is 11.3. The summed E-state index contributed by atoms with van der Waals surface area (Å²) in [6.45, 7) is 11.0. The van der Waals surface area contributed by atoms with Crippen LogP contribution in [0.25, 0.3) is 0 Å². The van der Waals surface area contributed by atoms with E-state index in [0.29, 0.717) is 5.92 Å². The molecular weight excluding hydrogens is 232 g/mol. The second-order valence-electron chi connectivity index (χ2n) is 5.46. The average Bonchev–Trinajstić information content (AvgIpc) is 2.82. The molecule has 2 atom stereocenters. The van der Waals surface area contributed by atoms with Crippen molar-refractivity contribution in [2.45, 2.75) is 11.8 Å². The fraction of sp³-hybridized carbons (Fsp3) is 0.353. The summed E-state index contributed by atoms with van der Waals surface area (Å²) < 4.78 is 0. The Hall–Kier alpha value is -1.67. The number of para-hydroxylation sites is 1. The molecule has 0 bridgehead atoms. The molecule has 1 fully saturated rings. The van der Waals surface area contributed by atoms with Gasteiger partial charge in [-0.05, 0) is 24.6 Å². The number of likely N-dealkylation sites (tertiary alicyclic amines) is 1. The van der Waals surface area contributed by atoms with Gasteiger partial charge in [0, 0.05) is 30.6 Å². The number of benzene rings is 1. The minimum atomic E-state index is 0.0655. The van der Waals surface area contributed by atoms with E-state index in [1.807, 2.05) is 6.08 Å². The third-order valence-electron chi connectivity index (χ3n) is 4.47. The molecule has 0 saturated carbocycles. The highest BCUT2D eigenvalue weighted by atomic mass is 15.1. The van der Waals surface area contributed by atoms with Crippen molar-refractivity contribution in [3.8, 4) is 0 Å². The summed E-state index contributed by atoms with van der Waals surface area (Å²) in [7, 11) is 0. The minimum absolute atomic E-state index is 0.0655. The predicted octanol–water partition coefficient (Wildman–Crippen LogP) is 3.33. The highest BCUT2D eigenvalue weighted by Gasteiger charge is 2.44. The van der Waals surface area contributed by atoms with E-state index in [-0.39, 0.29) is 5.41 Å². The second-order valence-corrected chi connectivity index (χ2v) is 5.46. The lowest BCUT2D eigenvalue weighted by molar-refractivity contribution is 0.170. The predicted molar refractivity (Wildman–Crippen MR) is 81.2 cm³/mol. The normalized spacial score (nSPS) is 29.4. The highest BCUT2D eigenvalue weighted by Crippen LogP contribution is 2.46. The maximum absolute atomic E-state index is 4.63. The molecule has 0 unspecified atom stereocenters. The van der Waals surface area contributed by atoms with E-state index in [4.69, 9.17) is 0 Å². The number of fused-ring (bicyclic) bond motifs is 2. The first-order valence-corrected chi connectivity index (χ1v) is 6.91. The SMILES string of the molecule is C=CCN1CC[C@@]2(C=Nc3ccccc32)[C@@H](C=C)C1. The van der Waals surface area contributed by atoms with Gasteiger partial charge in [-0.15, -0.1) is 13.2 Å². The molecule has 2 heterocycles. The third kappa shape index (κ3) is 1.87. The van der Waals surface area contributed by atoms with Crippen LogP contribution in [-0.2, 0) is 5.41 Å². The fourth-order valence-corrected chi connectivity index (χ4v) is 3.42. The maximum Gasteiger partial charge on any atom is 0.0667 e. The van der Waals surface area contributed by atoms with Gasteiger partial charge in [0.2, 0.25) is 0 Å². The Morgan fingerprint density at radius 3 is 3.00 bits per heavy atom. The number of piperidine rings is 1. The van der Waals surface area contributed by atoms with Gasteiger partial charge in [0.25, 0.3) is 0 Å². The van der Waals surface area contributed by atoms with Crippen molar-refractivity contribution in [1.82, 2.24) is 4.90 Å². The van der Waals surface area contributed by atoms with Crippen molar-refractivity contribution in [1.29, 1.82) is 0 Å². The number of nitrogens with zero attached hydrogens (tertiary/aromatic N) is 2. The van der Waals surface area contributed by atoms with E-state index in [2.05, 4.69) is 59.6 Å². The third-order valence-corrected chi connectivity index (χ3v) is 4.47. The number of rotatable bonds is 3. The lowest BCUT2D eigenvalue weighted by Gasteiger charge is -2.43. The largest absolute Gasteiger partial charge is 0.299 e. The first-order chi connectivity index (χ1) is 9.30. The summed E-state index contributed by atoms with van der Waals surface area (Å²) >= 11 is 0. The molecule has 19 heavy (non-hydrogen) atoms. The molecular formula is C17H20N2. The molecule has 0 N–H and O–H groups in total. The zero-order chi connectivity index (χ0) is 13.3. The molecule has 0 aromatic heterocycles. The Morgan fingerprint density at radius 2 is 2.21 bits per heavy atom. The summed E-state index contributed by atoms with van der Waals surface area (Å²) in [6.07, 6.45) is 7.35. The zero-order valence-corrected chi connectivity index (χ0v) is 11.3. The first-order valence-electron chi connectivity index (χ1n) is 6.91. The Labute approximate surface area is 115 Å². The molecule has 1 aromatic carbocycles. The van der Waals surface area contributed by atoms with E-state index in [0.717, 1.165) is 31.7 Å². The van der Waals surface area contributed by atoms with Crippen LogP contribution in [0.5, 0.6) is 0 Å². The quantitative estimate of drug-likeness (QED) is 0.753. The summed E-state index contributed by atoms with van der Waals surface area (Å²) in [6, 6.07) is 8.51. The average molecular weight is 252 g/mol. The lowest BCUT2D eigenvalue weighted by Crippen LogP contribution is -2.49. The van der Waals surface area contributed by atoms with Crippen LogP contribution in [0, 0.1) is 5.92 Å². The van der Waals surface area contributed by atoms with Gasteiger partial charge in [0.1, 0.15) is 0 Å². The topological polar surface area (TPSA) is 15.6 Å². The van der Waals surface area contributed by atoms with E-state index >= 15 is 0 Å². The van der Waals surface area contributed by atoms with Gasteiger partial charge in [0.05, 0.1) is 5.69 Å². The van der Waals surface area contributed by atoms with Crippen LogP contribution in [0.15, 0.2) is 54.6 Å². The monoisotopic (exact) mass is 252 g/mol. The molecule has 1 aromatic rings. The van der Waals surface area contributed by atoms with Crippen LogP contribution < -0.4 is 0 Å². The second kappa shape index (κ2) is 4.78. The number of aliphatic imine (C=N–C) groups is 1. The van der Waals surface area contributed by atoms with Crippen LogP contribution >= 0.6 is 0 Å². The van der Waals surface area contributed by atoms with E-state index in [1.54, 1.807) is 0 Å². The molecule has 2 aliphatic heterocycles. The molecule has 98 valence electrons. The van der Waals surface area contributed by atoms with Crippen molar-refractivity contribution in [3.05, 3.63) is 55.1 Å². The van der Waals surface area contributed by atoms with Gasteiger partial charge in [-0.3, -0.25) is 9.89 Å². The standard InChI is InChI=1S/C17H20N2/c1-3-10-19-11-9-17(14(4-2)12-19)13-18-16-8-6-5-7-15(16)17/h3-8,13-14H,1-2,9-12H2/t14-,17+/m0/s1. The van der Waals surface area contributed by atoms with Crippen LogP contribution in [0.4, 0.5) is 5.69 Å². The smallest absolute Gasteiger partial charge is 0.0667 e. The minimum Gasteiger partial charge on any atom is -0.299 e.